The molecule has 2 aromatic rings. The van der Waals surface area contributed by atoms with Gasteiger partial charge >= 0.3 is 18.3 Å². The summed E-state index contributed by atoms with van der Waals surface area (Å²) >= 11 is 0. The molecule has 0 radical (unpaired) electrons. The van der Waals surface area contributed by atoms with Crippen LogP contribution in [0, 0.1) is 11.7 Å². The molecule has 2 aromatic carbocycles. The summed E-state index contributed by atoms with van der Waals surface area (Å²) in [6.07, 6.45) is -7.99. The highest BCUT2D eigenvalue weighted by molar-refractivity contribution is 5.67. The second-order valence-electron chi connectivity index (χ2n) is 8.86. The van der Waals surface area contributed by atoms with Gasteiger partial charge in [0.2, 0.25) is 0 Å². The first-order valence-corrected chi connectivity index (χ1v) is 11.7. The lowest BCUT2D eigenvalue weighted by molar-refractivity contribution is -0.140. The molecule has 0 aliphatic carbocycles. The minimum absolute atomic E-state index is 0.0620. The van der Waals surface area contributed by atoms with E-state index in [9.17, 15) is 35.5 Å². The molecule has 10 heteroatoms. The summed E-state index contributed by atoms with van der Waals surface area (Å²) in [7, 11) is 0. The Morgan fingerprint density at radius 3 is 2.22 bits per heavy atom. The smallest absolute Gasteiger partial charge is 0.416 e. The Morgan fingerprint density at radius 1 is 1.06 bits per heavy atom. The van der Waals surface area contributed by atoms with Crippen LogP contribution in [0.2, 0.25) is 0 Å². The molecule has 1 unspecified atom stereocenters. The van der Waals surface area contributed by atoms with Crippen molar-refractivity contribution in [1.29, 1.82) is 0 Å². The van der Waals surface area contributed by atoms with Gasteiger partial charge in [0.25, 0.3) is 0 Å². The maximum Gasteiger partial charge on any atom is 0.416 e. The summed E-state index contributed by atoms with van der Waals surface area (Å²) in [5.74, 6) is -1.26. The van der Waals surface area contributed by atoms with Gasteiger partial charge in [0.15, 0.2) is 0 Å². The molecular weight excluding hydrogens is 491 g/mol. The number of carboxylic acids is 1. The van der Waals surface area contributed by atoms with Crippen LogP contribution in [0.3, 0.4) is 0 Å². The molecule has 200 valence electrons. The standard InChI is InChI=1S/C18H21F6NO2.C8H9F/c19-17(20,21)7-1-8-25-9-6-12(11-16(26)27)10-15(25)13-2-4-14(5-3-13)18(22,23)24;1-2-7-4-3-5-8(9)6-7/h2-5,12,15H,1,6-11H2,(H,26,27);3-6H,2H2,1H3/t12?,15-;/m0./s1. The first-order valence-electron chi connectivity index (χ1n) is 11.7. The molecule has 3 rings (SSSR count). The lowest BCUT2D eigenvalue weighted by Gasteiger charge is -2.39. The SMILES string of the molecule is CCc1cccc(F)c1.O=C(O)CC1CCN(CCCC(F)(F)F)[C@H](c2ccc(C(F)(F)F)cc2)C1. The molecule has 0 aromatic heterocycles. The van der Waals surface area contributed by atoms with Crippen molar-refractivity contribution in [1.82, 2.24) is 4.90 Å². The van der Waals surface area contributed by atoms with Crippen LogP contribution in [-0.2, 0) is 17.4 Å². The third-order valence-corrected chi connectivity index (χ3v) is 6.11. The predicted molar refractivity (Wildman–Crippen MR) is 122 cm³/mol. The lowest BCUT2D eigenvalue weighted by Crippen LogP contribution is -2.38. The van der Waals surface area contributed by atoms with Gasteiger partial charge in [-0.25, -0.2) is 4.39 Å². The third kappa shape index (κ3) is 10.2. The Bertz CT molecular complexity index is 958. The second-order valence-corrected chi connectivity index (χ2v) is 8.86. The van der Waals surface area contributed by atoms with Crippen LogP contribution in [0.25, 0.3) is 0 Å². The Hall–Kier alpha value is -2.62. The molecule has 2 atom stereocenters. The summed E-state index contributed by atoms with van der Waals surface area (Å²) in [5.41, 5.74) is 0.813. The number of halogens is 7. The lowest BCUT2D eigenvalue weighted by atomic mass is 9.85. The van der Waals surface area contributed by atoms with E-state index in [1.807, 2.05) is 17.9 Å². The van der Waals surface area contributed by atoms with E-state index in [4.69, 9.17) is 5.11 Å². The summed E-state index contributed by atoms with van der Waals surface area (Å²) in [6, 6.07) is 10.8. The average Bonchev–Trinajstić information content (AvgIpc) is 2.78. The monoisotopic (exact) mass is 521 g/mol. The van der Waals surface area contributed by atoms with Gasteiger partial charge in [-0.3, -0.25) is 9.69 Å². The fourth-order valence-corrected chi connectivity index (χ4v) is 4.27. The van der Waals surface area contributed by atoms with E-state index >= 15 is 0 Å². The van der Waals surface area contributed by atoms with Crippen LogP contribution in [0.5, 0.6) is 0 Å². The van der Waals surface area contributed by atoms with Crippen molar-refractivity contribution in [2.75, 3.05) is 13.1 Å². The quantitative estimate of drug-likeness (QED) is 0.380. The van der Waals surface area contributed by atoms with Crippen LogP contribution >= 0.6 is 0 Å². The van der Waals surface area contributed by atoms with Gasteiger partial charge in [-0.15, -0.1) is 0 Å². The van der Waals surface area contributed by atoms with Gasteiger partial charge in [-0.2, -0.15) is 26.3 Å². The highest BCUT2D eigenvalue weighted by Gasteiger charge is 2.34. The third-order valence-electron chi connectivity index (χ3n) is 6.11. The highest BCUT2D eigenvalue weighted by atomic mass is 19.4. The number of hydrogen-bond acceptors (Lipinski definition) is 2. The number of aryl methyl sites for hydroxylation is 1. The number of rotatable bonds is 7. The minimum atomic E-state index is -4.47. The van der Waals surface area contributed by atoms with Crippen molar-refractivity contribution in [3.05, 3.63) is 71.0 Å². The number of piperidine rings is 1. The molecule has 1 saturated heterocycles. The van der Waals surface area contributed by atoms with Gasteiger partial charge < -0.3 is 5.11 Å². The van der Waals surface area contributed by atoms with Crippen molar-refractivity contribution in [3.63, 3.8) is 0 Å². The van der Waals surface area contributed by atoms with Crippen LogP contribution in [0.4, 0.5) is 30.7 Å². The Morgan fingerprint density at radius 2 is 1.72 bits per heavy atom. The van der Waals surface area contributed by atoms with E-state index < -0.39 is 36.3 Å². The largest absolute Gasteiger partial charge is 0.481 e. The number of alkyl halides is 6. The van der Waals surface area contributed by atoms with E-state index in [2.05, 4.69) is 0 Å². The van der Waals surface area contributed by atoms with Crippen molar-refractivity contribution in [2.24, 2.45) is 5.92 Å². The zero-order valence-corrected chi connectivity index (χ0v) is 19.9. The van der Waals surface area contributed by atoms with Gasteiger partial charge in [-0.1, -0.05) is 31.2 Å². The molecule has 0 bridgehead atoms. The van der Waals surface area contributed by atoms with Gasteiger partial charge in [0.05, 0.1) is 5.56 Å². The Labute approximate surface area is 205 Å². The fourth-order valence-electron chi connectivity index (χ4n) is 4.27. The molecular formula is C26H30F7NO2. The number of likely N-dealkylation sites (tertiary alicyclic amines) is 1. The first kappa shape index (κ1) is 29.6. The number of hydrogen-bond donors (Lipinski definition) is 1. The van der Waals surface area contributed by atoms with Gasteiger partial charge in [-0.05, 0) is 80.1 Å². The van der Waals surface area contributed by atoms with E-state index in [1.54, 1.807) is 12.1 Å². The molecule has 1 aliphatic rings. The Balaban J connectivity index is 0.000000425. The van der Waals surface area contributed by atoms with E-state index in [1.165, 1.54) is 18.2 Å². The van der Waals surface area contributed by atoms with Crippen LogP contribution < -0.4 is 0 Å². The molecule has 1 N–H and O–H groups in total. The molecule has 1 aliphatic heterocycles. The van der Waals surface area contributed by atoms with Gasteiger partial charge in [0.1, 0.15) is 5.82 Å². The van der Waals surface area contributed by atoms with E-state index in [-0.39, 0.29) is 31.1 Å². The predicted octanol–water partition coefficient (Wildman–Crippen LogP) is 7.66. The zero-order valence-electron chi connectivity index (χ0n) is 19.9. The van der Waals surface area contributed by atoms with Crippen molar-refractivity contribution >= 4 is 5.97 Å². The molecule has 0 spiro atoms. The molecule has 1 fully saturated rings. The average molecular weight is 522 g/mol. The number of carboxylic acid groups (broad SMARTS) is 1. The summed E-state index contributed by atoms with van der Waals surface area (Å²) in [4.78, 5) is 12.8. The van der Waals surface area contributed by atoms with Crippen molar-refractivity contribution < 1.29 is 40.6 Å². The zero-order chi connectivity index (χ0) is 26.9. The van der Waals surface area contributed by atoms with Gasteiger partial charge in [0, 0.05) is 18.9 Å². The molecule has 0 saturated carbocycles. The number of aliphatic carboxylic acids is 1. The molecule has 1 heterocycles. The number of carbonyl (C=O) groups is 1. The summed E-state index contributed by atoms with van der Waals surface area (Å²) in [5, 5.41) is 8.98. The van der Waals surface area contributed by atoms with Crippen LogP contribution in [-0.4, -0.2) is 35.2 Å². The summed E-state index contributed by atoms with van der Waals surface area (Å²) < 4.78 is 87.8. The van der Waals surface area contributed by atoms with E-state index in [0.29, 0.717) is 24.9 Å². The van der Waals surface area contributed by atoms with Crippen LogP contribution in [0.15, 0.2) is 48.5 Å². The highest BCUT2D eigenvalue weighted by Crippen LogP contribution is 2.38. The summed E-state index contributed by atoms with van der Waals surface area (Å²) in [6.45, 7) is 2.58. The molecule has 0 amide bonds. The van der Waals surface area contributed by atoms with Crippen LogP contribution in [0.1, 0.15) is 61.8 Å². The normalized spacial score (nSPS) is 18.9. The minimum Gasteiger partial charge on any atom is -0.481 e. The topological polar surface area (TPSA) is 40.5 Å². The second kappa shape index (κ2) is 13.1. The van der Waals surface area contributed by atoms with E-state index in [0.717, 1.165) is 24.1 Å². The first-order chi connectivity index (χ1) is 16.8. The van der Waals surface area contributed by atoms with Crippen molar-refractivity contribution in [3.8, 4) is 0 Å². The Kier molecular flexibility index (Phi) is 10.8. The maximum absolute atomic E-state index is 12.7. The number of benzene rings is 2. The fraction of sp³-hybridized carbons (Fsp3) is 0.500. The molecule has 3 nitrogen and oxygen atoms in total. The number of nitrogens with zero attached hydrogens (tertiary/aromatic N) is 1. The van der Waals surface area contributed by atoms with Crippen molar-refractivity contribution in [2.45, 2.75) is 63.8 Å². The maximum atomic E-state index is 12.7. The molecule has 36 heavy (non-hydrogen) atoms.